The van der Waals surface area contributed by atoms with E-state index in [1.54, 1.807) is 0 Å². The van der Waals surface area contributed by atoms with Gasteiger partial charge in [0, 0.05) is 0 Å². The Kier molecular flexibility index (Phi) is 3.67. The largest absolute Gasteiger partial charge is 0.393 e. The number of rotatable bonds is 0. The van der Waals surface area contributed by atoms with E-state index in [0.717, 1.165) is 38.5 Å². The van der Waals surface area contributed by atoms with Crippen LogP contribution in [0.25, 0.3) is 0 Å². The molecule has 10 atom stereocenters. The third kappa shape index (κ3) is 2.11. The lowest BCUT2D eigenvalue weighted by Crippen LogP contribution is -2.58. The first-order valence-electron chi connectivity index (χ1n) is 9.49. The van der Waals surface area contributed by atoms with E-state index in [1.807, 2.05) is 0 Å². The summed E-state index contributed by atoms with van der Waals surface area (Å²) < 4.78 is 0. The van der Waals surface area contributed by atoms with Crippen molar-refractivity contribution in [3.8, 4) is 0 Å². The number of fused-ring (bicyclic) bond motifs is 5. The summed E-state index contributed by atoms with van der Waals surface area (Å²) in [4.78, 5) is 0. The third-order valence-electron chi connectivity index (χ3n) is 8.63. The lowest BCUT2D eigenvalue weighted by molar-refractivity contribution is -0.177. The number of aliphatic hydroxyl groups excluding tert-OH is 4. The van der Waals surface area contributed by atoms with Crippen molar-refractivity contribution in [1.29, 1.82) is 0 Å². The zero-order chi connectivity index (χ0) is 16.6. The summed E-state index contributed by atoms with van der Waals surface area (Å²) in [5.74, 6) is 1.27. The van der Waals surface area contributed by atoms with Gasteiger partial charge in [-0.1, -0.05) is 13.8 Å². The minimum atomic E-state index is -0.653. The SMILES string of the molecule is C[C@]12CCC3C(C1C[C@H](O)[C@@H]2O)[C@@H](O)C[C@@H]1C[C@@H](O)CC[C@]31C. The quantitative estimate of drug-likeness (QED) is 0.547. The Hall–Kier alpha value is -0.160. The number of hydrogen-bond acceptors (Lipinski definition) is 4. The van der Waals surface area contributed by atoms with Gasteiger partial charge in [-0.3, -0.25) is 0 Å². The highest BCUT2D eigenvalue weighted by Crippen LogP contribution is 2.66. The molecule has 0 saturated heterocycles. The molecule has 4 rings (SSSR count). The first kappa shape index (κ1) is 16.3. The first-order valence-corrected chi connectivity index (χ1v) is 9.49. The molecule has 0 amide bonds. The third-order valence-corrected chi connectivity index (χ3v) is 8.63. The minimum absolute atomic E-state index is 0.192. The van der Waals surface area contributed by atoms with Crippen LogP contribution in [-0.4, -0.2) is 44.8 Å². The van der Waals surface area contributed by atoms with Crippen molar-refractivity contribution in [2.45, 2.75) is 83.2 Å². The van der Waals surface area contributed by atoms with Crippen LogP contribution < -0.4 is 0 Å². The molecule has 0 aromatic heterocycles. The summed E-state index contributed by atoms with van der Waals surface area (Å²) in [6.07, 6.45) is 4.24. The van der Waals surface area contributed by atoms with E-state index >= 15 is 0 Å². The molecule has 0 bridgehead atoms. The number of hydrogen-bond donors (Lipinski definition) is 4. The molecule has 0 spiro atoms. The maximum Gasteiger partial charge on any atom is 0.0855 e. The van der Waals surface area contributed by atoms with Gasteiger partial charge in [0.15, 0.2) is 0 Å². The summed E-state index contributed by atoms with van der Waals surface area (Å²) in [6.45, 7) is 4.48. The summed E-state index contributed by atoms with van der Waals surface area (Å²) >= 11 is 0. The Morgan fingerprint density at radius 3 is 2.17 bits per heavy atom. The fourth-order valence-corrected chi connectivity index (χ4v) is 7.19. The smallest absolute Gasteiger partial charge is 0.0855 e. The Morgan fingerprint density at radius 2 is 1.43 bits per heavy atom. The van der Waals surface area contributed by atoms with E-state index < -0.39 is 12.2 Å². The van der Waals surface area contributed by atoms with Gasteiger partial charge >= 0.3 is 0 Å². The Morgan fingerprint density at radius 1 is 0.739 bits per heavy atom. The van der Waals surface area contributed by atoms with Gasteiger partial charge < -0.3 is 20.4 Å². The zero-order valence-corrected chi connectivity index (χ0v) is 14.4. The second-order valence-corrected chi connectivity index (χ2v) is 9.52. The normalized spacial score (nSPS) is 62.3. The second-order valence-electron chi connectivity index (χ2n) is 9.52. The van der Waals surface area contributed by atoms with Gasteiger partial charge in [-0.05, 0) is 79.4 Å². The van der Waals surface area contributed by atoms with Crippen LogP contribution in [0.5, 0.6) is 0 Å². The monoisotopic (exact) mass is 324 g/mol. The van der Waals surface area contributed by atoms with Crippen molar-refractivity contribution in [1.82, 2.24) is 0 Å². The molecule has 4 heteroatoms. The van der Waals surface area contributed by atoms with Crippen molar-refractivity contribution < 1.29 is 20.4 Å². The predicted octanol–water partition coefficient (Wildman–Crippen LogP) is 1.69. The van der Waals surface area contributed by atoms with E-state index in [4.69, 9.17) is 0 Å². The highest BCUT2D eigenvalue weighted by atomic mass is 16.3. The summed E-state index contributed by atoms with van der Waals surface area (Å²) in [6, 6.07) is 0. The maximum atomic E-state index is 10.9. The second kappa shape index (κ2) is 5.17. The lowest BCUT2D eigenvalue weighted by Gasteiger charge is -2.61. The van der Waals surface area contributed by atoms with Gasteiger partial charge in [-0.25, -0.2) is 0 Å². The molecule has 4 aliphatic rings. The molecule has 4 saturated carbocycles. The fraction of sp³-hybridized carbons (Fsp3) is 1.00. The zero-order valence-electron chi connectivity index (χ0n) is 14.4. The highest BCUT2D eigenvalue weighted by molar-refractivity contribution is 5.13. The lowest BCUT2D eigenvalue weighted by atomic mass is 9.44. The van der Waals surface area contributed by atoms with Crippen molar-refractivity contribution in [2.75, 3.05) is 0 Å². The van der Waals surface area contributed by atoms with E-state index in [0.29, 0.717) is 18.3 Å². The van der Waals surface area contributed by atoms with Crippen LogP contribution in [0.1, 0.15) is 58.8 Å². The van der Waals surface area contributed by atoms with E-state index in [-0.39, 0.29) is 34.9 Å². The molecule has 0 aromatic rings. The molecule has 3 unspecified atom stereocenters. The molecule has 4 aliphatic carbocycles. The molecule has 0 radical (unpaired) electrons. The van der Waals surface area contributed by atoms with Crippen LogP contribution >= 0.6 is 0 Å². The predicted molar refractivity (Wildman–Crippen MR) is 86.5 cm³/mol. The number of aliphatic hydroxyl groups is 4. The topological polar surface area (TPSA) is 80.9 Å². The average Bonchev–Trinajstić information content (AvgIpc) is 2.73. The molecule has 0 heterocycles. The van der Waals surface area contributed by atoms with Crippen LogP contribution in [0.15, 0.2) is 0 Å². The van der Waals surface area contributed by atoms with Crippen molar-refractivity contribution in [3.63, 3.8) is 0 Å². The molecular weight excluding hydrogens is 292 g/mol. The molecule has 0 aliphatic heterocycles. The van der Waals surface area contributed by atoms with Gasteiger partial charge in [0.2, 0.25) is 0 Å². The van der Waals surface area contributed by atoms with Crippen LogP contribution in [0.2, 0.25) is 0 Å². The molecule has 4 fully saturated rings. The molecule has 4 N–H and O–H groups in total. The molecule has 4 nitrogen and oxygen atoms in total. The van der Waals surface area contributed by atoms with Crippen LogP contribution in [0.4, 0.5) is 0 Å². The van der Waals surface area contributed by atoms with E-state index in [2.05, 4.69) is 13.8 Å². The highest BCUT2D eigenvalue weighted by Gasteiger charge is 2.64. The Labute approximate surface area is 138 Å². The van der Waals surface area contributed by atoms with Crippen LogP contribution in [-0.2, 0) is 0 Å². The van der Waals surface area contributed by atoms with Crippen molar-refractivity contribution in [3.05, 3.63) is 0 Å². The molecule has 0 aromatic carbocycles. The fourth-order valence-electron chi connectivity index (χ4n) is 7.19. The van der Waals surface area contributed by atoms with Crippen LogP contribution in [0, 0.1) is 34.5 Å². The van der Waals surface area contributed by atoms with Crippen molar-refractivity contribution in [2.24, 2.45) is 34.5 Å². The van der Waals surface area contributed by atoms with Crippen molar-refractivity contribution >= 4 is 0 Å². The van der Waals surface area contributed by atoms with Gasteiger partial charge in [-0.15, -0.1) is 0 Å². The van der Waals surface area contributed by atoms with Gasteiger partial charge in [0.05, 0.1) is 24.4 Å². The average molecular weight is 324 g/mol. The summed E-state index contributed by atoms with van der Waals surface area (Å²) in [7, 11) is 0. The first-order chi connectivity index (χ1) is 10.8. The maximum absolute atomic E-state index is 10.9. The van der Waals surface area contributed by atoms with E-state index in [9.17, 15) is 20.4 Å². The standard InChI is InChI=1S/C19H32O4/c1-18-5-3-11(20)7-10(18)8-14(21)16-12(18)4-6-19(2)13(16)9-15(22)17(19)23/h10-17,20-23H,3-9H2,1-2H3/t10-,11-,12?,13?,14-,15-,16?,17-,18-,19-/m0/s1. The van der Waals surface area contributed by atoms with Gasteiger partial charge in [0.25, 0.3) is 0 Å². The molecule has 132 valence electrons. The van der Waals surface area contributed by atoms with Gasteiger partial charge in [0.1, 0.15) is 0 Å². The molecule has 23 heavy (non-hydrogen) atoms. The van der Waals surface area contributed by atoms with Crippen LogP contribution in [0.3, 0.4) is 0 Å². The minimum Gasteiger partial charge on any atom is -0.393 e. The van der Waals surface area contributed by atoms with E-state index in [1.165, 1.54) is 0 Å². The Balaban J connectivity index is 1.68. The molecular formula is C19H32O4. The van der Waals surface area contributed by atoms with Gasteiger partial charge in [-0.2, -0.15) is 0 Å². The Bertz CT molecular complexity index is 482. The summed E-state index contributed by atoms with van der Waals surface area (Å²) in [5.41, 5.74) is -0.0537. The summed E-state index contributed by atoms with van der Waals surface area (Å²) in [5, 5.41) is 41.7.